The lowest BCUT2D eigenvalue weighted by Gasteiger charge is -2.28. The van der Waals surface area contributed by atoms with E-state index in [-0.39, 0.29) is 29.2 Å². The maximum atomic E-state index is 14.0. The first kappa shape index (κ1) is 38.6. The van der Waals surface area contributed by atoms with Crippen molar-refractivity contribution in [2.24, 2.45) is 0 Å². The van der Waals surface area contributed by atoms with Crippen LogP contribution in [0.3, 0.4) is 0 Å². The second-order valence-corrected chi connectivity index (χ2v) is 16.5. The minimum absolute atomic E-state index is 0.00890. The third-order valence-electron chi connectivity index (χ3n) is 7.43. The van der Waals surface area contributed by atoms with Gasteiger partial charge in [0.05, 0.1) is 17.1 Å². The van der Waals surface area contributed by atoms with Crippen molar-refractivity contribution < 1.29 is 31.9 Å². The van der Waals surface area contributed by atoms with Crippen LogP contribution in [-0.2, 0) is 42.8 Å². The fraction of sp³-hybridized carbons (Fsp3) is 0.486. The summed E-state index contributed by atoms with van der Waals surface area (Å²) in [6, 6.07) is 17.4. The van der Waals surface area contributed by atoms with Gasteiger partial charge in [0.2, 0.25) is 10.0 Å². The molecule has 0 saturated carbocycles. The number of amides is 1. The second-order valence-electron chi connectivity index (χ2n) is 14.6. The van der Waals surface area contributed by atoms with E-state index in [1.54, 1.807) is 53.7 Å². The maximum absolute atomic E-state index is 14.0. The summed E-state index contributed by atoms with van der Waals surface area (Å²) >= 11 is 0. The Balaban J connectivity index is 2.00. The van der Waals surface area contributed by atoms with E-state index >= 15 is 0 Å². The Hall–Kier alpha value is -3.83. The number of anilines is 1. The number of carbonyl (C=O) groups is 2. The zero-order valence-electron chi connectivity index (χ0n) is 29.7. The Kier molecular flexibility index (Phi) is 12.5. The molecule has 0 radical (unpaired) electrons. The van der Waals surface area contributed by atoms with Crippen LogP contribution in [0.4, 0.5) is 15.0 Å². The number of esters is 1. The lowest BCUT2D eigenvalue weighted by atomic mass is 9.80. The van der Waals surface area contributed by atoms with Crippen LogP contribution < -0.4 is 4.90 Å². The van der Waals surface area contributed by atoms with Crippen LogP contribution in [0.1, 0.15) is 98.4 Å². The summed E-state index contributed by atoms with van der Waals surface area (Å²) < 4.78 is 54.0. The first-order chi connectivity index (χ1) is 22.2. The SMILES string of the molecule is CCCCC(C)(C)c1ccc(CN(Cc2cccc(N(CC(=O)OC(C)(C)C)C(=O)OC(C)(C)C)n2)S(=O)(=O)c2ccc(F)cc2)cc1. The van der Waals surface area contributed by atoms with Gasteiger partial charge < -0.3 is 9.47 Å². The van der Waals surface area contributed by atoms with Crippen molar-refractivity contribution in [2.45, 2.75) is 116 Å². The molecule has 2 aromatic carbocycles. The molecule has 48 heavy (non-hydrogen) atoms. The van der Waals surface area contributed by atoms with E-state index in [1.165, 1.54) is 22.5 Å². The van der Waals surface area contributed by atoms with Crippen molar-refractivity contribution in [3.8, 4) is 0 Å². The van der Waals surface area contributed by atoms with Crippen molar-refractivity contribution in [1.29, 1.82) is 0 Å². The van der Waals surface area contributed by atoms with Crippen molar-refractivity contribution in [3.05, 3.63) is 89.4 Å². The highest BCUT2D eigenvalue weighted by atomic mass is 32.2. The van der Waals surface area contributed by atoms with Crippen LogP contribution in [0, 0.1) is 5.82 Å². The van der Waals surface area contributed by atoms with Gasteiger partial charge in [-0.2, -0.15) is 4.31 Å². The van der Waals surface area contributed by atoms with Gasteiger partial charge in [-0.15, -0.1) is 0 Å². The molecule has 0 atom stereocenters. The number of nitrogens with zero attached hydrogens (tertiary/aromatic N) is 3. The molecule has 9 nitrogen and oxygen atoms in total. The Morgan fingerprint density at radius 3 is 1.98 bits per heavy atom. The molecule has 11 heteroatoms. The van der Waals surface area contributed by atoms with Gasteiger partial charge in [-0.25, -0.2) is 22.6 Å². The molecular weight excluding hydrogens is 633 g/mol. The van der Waals surface area contributed by atoms with E-state index in [1.807, 2.05) is 24.3 Å². The first-order valence-electron chi connectivity index (χ1n) is 16.2. The van der Waals surface area contributed by atoms with Crippen molar-refractivity contribution >= 4 is 27.9 Å². The molecule has 0 aliphatic heterocycles. The molecule has 3 aromatic rings. The molecule has 3 rings (SSSR count). The number of benzene rings is 2. The highest BCUT2D eigenvalue weighted by Crippen LogP contribution is 2.30. The number of ether oxygens (including phenoxy) is 2. The fourth-order valence-corrected chi connectivity index (χ4v) is 6.35. The molecule has 1 aromatic heterocycles. The standard InChI is InChI=1S/C37H50FN3O6S/c1-10-11-23-37(8,9)28-17-15-27(16-18-28)24-40(48(44,45)31-21-19-29(38)20-22-31)25-30-13-12-14-32(39-30)41(34(43)47-36(5,6)7)26-33(42)46-35(2,3)4/h12-22H,10-11,23-26H2,1-9H3. The molecule has 0 fully saturated rings. The normalized spacial score (nSPS) is 12.6. The van der Waals surface area contributed by atoms with Crippen LogP contribution in [0.25, 0.3) is 0 Å². The largest absolute Gasteiger partial charge is 0.459 e. The fourth-order valence-electron chi connectivity index (χ4n) is 4.95. The van der Waals surface area contributed by atoms with E-state index in [2.05, 4.69) is 25.8 Å². The van der Waals surface area contributed by atoms with E-state index in [9.17, 15) is 22.4 Å². The maximum Gasteiger partial charge on any atom is 0.416 e. The summed E-state index contributed by atoms with van der Waals surface area (Å²) in [6.45, 7) is 16.2. The summed E-state index contributed by atoms with van der Waals surface area (Å²) in [6.07, 6.45) is 2.43. The van der Waals surface area contributed by atoms with Crippen LogP contribution in [0.5, 0.6) is 0 Å². The third-order valence-corrected chi connectivity index (χ3v) is 9.24. The van der Waals surface area contributed by atoms with Crippen molar-refractivity contribution in [3.63, 3.8) is 0 Å². The molecule has 0 bridgehead atoms. The average Bonchev–Trinajstić information content (AvgIpc) is 2.97. The summed E-state index contributed by atoms with van der Waals surface area (Å²) in [5.74, 6) is -1.13. The number of pyridine rings is 1. The van der Waals surface area contributed by atoms with Crippen molar-refractivity contribution in [2.75, 3.05) is 11.4 Å². The predicted octanol–water partition coefficient (Wildman–Crippen LogP) is 8.16. The van der Waals surface area contributed by atoms with E-state index < -0.39 is 45.6 Å². The lowest BCUT2D eigenvalue weighted by molar-refractivity contribution is -0.153. The number of halogens is 1. The Labute approximate surface area is 285 Å². The van der Waals surface area contributed by atoms with Gasteiger partial charge in [0.15, 0.2) is 0 Å². The monoisotopic (exact) mass is 683 g/mol. The Morgan fingerprint density at radius 2 is 1.42 bits per heavy atom. The second kappa shape index (κ2) is 15.6. The van der Waals surface area contributed by atoms with Crippen LogP contribution in [0.15, 0.2) is 71.6 Å². The van der Waals surface area contributed by atoms with Gasteiger partial charge >= 0.3 is 12.1 Å². The number of carbonyl (C=O) groups excluding carboxylic acids is 2. The molecule has 262 valence electrons. The van der Waals surface area contributed by atoms with E-state index in [0.29, 0.717) is 5.69 Å². The summed E-state index contributed by atoms with van der Waals surface area (Å²) in [5, 5.41) is 0. The Bertz CT molecular complexity index is 1640. The number of hydrogen-bond acceptors (Lipinski definition) is 7. The quantitative estimate of drug-likeness (QED) is 0.167. The van der Waals surface area contributed by atoms with E-state index in [4.69, 9.17) is 9.47 Å². The molecule has 0 unspecified atom stereocenters. The van der Waals surface area contributed by atoms with Gasteiger partial charge in [0.1, 0.15) is 29.4 Å². The van der Waals surface area contributed by atoms with Gasteiger partial charge in [-0.1, -0.05) is 63.9 Å². The molecular formula is C37H50FN3O6S. The predicted molar refractivity (Wildman–Crippen MR) is 185 cm³/mol. The molecule has 0 aliphatic carbocycles. The molecule has 0 N–H and O–H groups in total. The number of rotatable bonds is 13. The van der Waals surface area contributed by atoms with Gasteiger partial charge in [0, 0.05) is 6.54 Å². The highest BCUT2D eigenvalue weighted by Gasteiger charge is 2.30. The van der Waals surface area contributed by atoms with Crippen LogP contribution in [0.2, 0.25) is 0 Å². The minimum Gasteiger partial charge on any atom is -0.459 e. The highest BCUT2D eigenvalue weighted by molar-refractivity contribution is 7.89. The summed E-state index contributed by atoms with van der Waals surface area (Å²) in [7, 11) is -4.13. The Morgan fingerprint density at radius 1 is 0.812 bits per heavy atom. The first-order valence-corrected chi connectivity index (χ1v) is 17.7. The smallest absolute Gasteiger partial charge is 0.416 e. The third kappa shape index (κ3) is 11.4. The number of hydrogen-bond donors (Lipinski definition) is 0. The molecule has 0 aliphatic rings. The summed E-state index contributed by atoms with van der Waals surface area (Å²) in [5.41, 5.74) is 0.555. The van der Waals surface area contributed by atoms with Crippen LogP contribution >= 0.6 is 0 Å². The molecule has 0 saturated heterocycles. The summed E-state index contributed by atoms with van der Waals surface area (Å²) in [4.78, 5) is 31.7. The van der Waals surface area contributed by atoms with Gasteiger partial charge in [0.25, 0.3) is 0 Å². The minimum atomic E-state index is -4.13. The average molecular weight is 684 g/mol. The van der Waals surface area contributed by atoms with E-state index in [0.717, 1.165) is 47.4 Å². The zero-order valence-corrected chi connectivity index (χ0v) is 30.5. The van der Waals surface area contributed by atoms with Gasteiger partial charge in [-0.05, 0) is 101 Å². The number of sulfonamides is 1. The number of unbranched alkanes of at least 4 members (excludes halogenated alkanes) is 1. The van der Waals surface area contributed by atoms with Crippen LogP contribution in [-0.4, -0.2) is 47.5 Å². The molecule has 1 amide bonds. The molecule has 0 spiro atoms. The zero-order chi connectivity index (χ0) is 35.9. The lowest BCUT2D eigenvalue weighted by Crippen LogP contribution is -2.42. The topological polar surface area (TPSA) is 106 Å². The molecule has 1 heterocycles. The van der Waals surface area contributed by atoms with Gasteiger partial charge in [-0.3, -0.25) is 9.69 Å². The number of aromatic nitrogens is 1. The van der Waals surface area contributed by atoms with Crippen molar-refractivity contribution in [1.82, 2.24) is 9.29 Å².